The van der Waals surface area contributed by atoms with E-state index in [0.717, 1.165) is 0 Å². The van der Waals surface area contributed by atoms with Gasteiger partial charge in [0.15, 0.2) is 11.5 Å². The molecule has 0 fully saturated rings. The van der Waals surface area contributed by atoms with E-state index >= 15 is 0 Å². The van der Waals surface area contributed by atoms with E-state index < -0.39 is 35.5 Å². The van der Waals surface area contributed by atoms with Crippen LogP contribution in [0.25, 0.3) is 0 Å². The number of halogens is 1. The number of carboxylic acid groups (broad SMARTS) is 1. The summed E-state index contributed by atoms with van der Waals surface area (Å²) in [6.07, 6.45) is 2.50. The molecule has 1 aliphatic carbocycles. The molecule has 0 bridgehead atoms. The van der Waals surface area contributed by atoms with Crippen LogP contribution in [0.5, 0.6) is 34.5 Å². The lowest BCUT2D eigenvalue weighted by Gasteiger charge is -2.23. The molecule has 0 radical (unpaired) electrons. The first-order valence-corrected chi connectivity index (χ1v) is 16.9. The predicted octanol–water partition coefficient (Wildman–Crippen LogP) is 7.05. The second kappa shape index (κ2) is 15.5. The number of benzene rings is 3. The monoisotopic (exact) mass is 794 g/mol. The Labute approximate surface area is 314 Å². The average molecular weight is 796 g/mol. The van der Waals surface area contributed by atoms with Crippen LogP contribution in [0.15, 0.2) is 34.0 Å². The van der Waals surface area contributed by atoms with Gasteiger partial charge in [0.25, 0.3) is 0 Å². The van der Waals surface area contributed by atoms with Crippen LogP contribution < -0.4 is 23.7 Å². The molecule has 3 aromatic rings. The smallest absolute Gasteiger partial charge is 0.347 e. The van der Waals surface area contributed by atoms with Crippen molar-refractivity contribution in [3.8, 4) is 34.5 Å². The number of ether oxygens (including phenoxy) is 6. The molecule has 14 heteroatoms. The fourth-order valence-electron chi connectivity index (χ4n) is 6.31. The number of aromatic carboxylic acids is 1. The van der Waals surface area contributed by atoms with Gasteiger partial charge in [-0.2, -0.15) is 0 Å². The molecule has 3 aromatic carbocycles. The Morgan fingerprint density at radius 2 is 1.19 bits per heavy atom. The number of ketones is 1. The Kier molecular flexibility index (Phi) is 11.8. The van der Waals surface area contributed by atoms with Crippen molar-refractivity contribution in [1.82, 2.24) is 0 Å². The number of hydrogen-bond donors (Lipinski definition) is 2. The van der Waals surface area contributed by atoms with E-state index in [1.54, 1.807) is 55.4 Å². The maximum Gasteiger partial charge on any atom is 0.347 e. The van der Waals surface area contributed by atoms with Gasteiger partial charge in [0.2, 0.25) is 0 Å². The Balaban J connectivity index is 1.66. The molecule has 1 aliphatic rings. The highest BCUT2D eigenvalue weighted by molar-refractivity contribution is 9.10. The van der Waals surface area contributed by atoms with Crippen LogP contribution in [0.4, 0.5) is 0 Å². The van der Waals surface area contributed by atoms with Crippen LogP contribution in [0, 0.1) is 54.4 Å². The third-order valence-electron chi connectivity index (χ3n) is 9.28. The van der Waals surface area contributed by atoms with E-state index in [1.807, 2.05) is 0 Å². The fraction of sp³-hybridized carbons (Fsp3) is 0.308. The number of phenols is 1. The van der Waals surface area contributed by atoms with Crippen LogP contribution in [0.1, 0.15) is 76.9 Å². The van der Waals surface area contributed by atoms with Gasteiger partial charge in [-0.05, 0) is 117 Å². The summed E-state index contributed by atoms with van der Waals surface area (Å²) in [6, 6.07) is 1.49. The molecule has 0 amide bonds. The van der Waals surface area contributed by atoms with Gasteiger partial charge in [0.05, 0.1) is 26.9 Å². The van der Waals surface area contributed by atoms with Crippen molar-refractivity contribution in [3.05, 3.63) is 89.7 Å². The first-order valence-electron chi connectivity index (χ1n) is 16.1. The molecule has 53 heavy (non-hydrogen) atoms. The number of aryl methyl sites for hydroxylation is 1. The second-order valence-corrected chi connectivity index (χ2v) is 13.2. The van der Waals surface area contributed by atoms with Gasteiger partial charge in [-0.15, -0.1) is 0 Å². The van der Waals surface area contributed by atoms with E-state index in [9.17, 15) is 34.2 Å². The summed E-state index contributed by atoms with van der Waals surface area (Å²) in [5, 5.41) is 21.0. The molecule has 0 aliphatic heterocycles. The Hall–Kier alpha value is -5.63. The summed E-state index contributed by atoms with van der Waals surface area (Å²) in [4.78, 5) is 64.6. The normalized spacial score (nSPS) is 13.8. The number of carbonyl (C=O) groups excluding carboxylic acids is 4. The molecule has 13 nitrogen and oxygen atoms in total. The molecule has 0 saturated heterocycles. The zero-order valence-electron chi connectivity index (χ0n) is 31.1. The summed E-state index contributed by atoms with van der Waals surface area (Å²) in [7, 11) is 3.93. The molecule has 0 spiro atoms. The molecule has 1 atom stereocenters. The number of hydrogen-bond acceptors (Lipinski definition) is 12. The van der Waals surface area contributed by atoms with Crippen molar-refractivity contribution >= 4 is 45.6 Å². The lowest BCUT2D eigenvalue weighted by molar-refractivity contribution is -0.137. The summed E-state index contributed by atoms with van der Waals surface area (Å²) in [5.74, 6) is -5.37. The maximum absolute atomic E-state index is 13.7. The van der Waals surface area contributed by atoms with E-state index in [4.69, 9.17) is 28.4 Å². The topological polar surface area (TPSA) is 181 Å². The minimum absolute atomic E-state index is 0.0206. The van der Waals surface area contributed by atoms with Crippen molar-refractivity contribution in [1.29, 1.82) is 0 Å². The van der Waals surface area contributed by atoms with Gasteiger partial charge >= 0.3 is 23.9 Å². The van der Waals surface area contributed by atoms with Gasteiger partial charge < -0.3 is 38.6 Å². The highest BCUT2D eigenvalue weighted by Crippen LogP contribution is 2.45. The number of allylic oxidation sites excluding steroid dienone is 2. The lowest BCUT2D eigenvalue weighted by Crippen LogP contribution is -2.28. The molecule has 0 heterocycles. The molecule has 0 aromatic heterocycles. The summed E-state index contributed by atoms with van der Waals surface area (Å²) < 4.78 is 33.2. The number of rotatable bonds is 10. The highest BCUT2D eigenvalue weighted by Gasteiger charge is 2.35. The maximum atomic E-state index is 13.7. The van der Waals surface area contributed by atoms with Crippen molar-refractivity contribution in [2.75, 3.05) is 21.3 Å². The lowest BCUT2D eigenvalue weighted by atomic mass is 9.92. The second-order valence-electron chi connectivity index (χ2n) is 12.4. The molecule has 1 unspecified atom stereocenters. The number of aromatic hydroxyl groups is 1. The van der Waals surface area contributed by atoms with Crippen molar-refractivity contribution in [2.45, 2.75) is 55.4 Å². The Morgan fingerprint density at radius 3 is 1.72 bits per heavy atom. The quantitative estimate of drug-likeness (QED) is 0.158. The third kappa shape index (κ3) is 7.23. The van der Waals surface area contributed by atoms with E-state index in [2.05, 4.69) is 15.9 Å². The first kappa shape index (κ1) is 40.1. The van der Waals surface area contributed by atoms with Crippen LogP contribution in [-0.4, -0.2) is 61.2 Å². The standard InChI is InChI=1S/C39H39BrO13/c1-15-12-23(41)14-25(48-9)27(15)38(46)53-35-20(6)19(5)28(31(42)30(35)40)39(47)51-24-13-16(2)26(18(4)17(24)3)37(45)52-32-21(7)33(49-10)29(36(43)44)34(50-11)22(32)8/h12-14,27,42H,1-11H3,(H,43,44). The van der Waals surface area contributed by atoms with E-state index in [-0.39, 0.29) is 78.1 Å². The SMILES string of the molecule is COC1=CC(=O)C=C(C)C1C(=O)Oc1c(C)c(C)c(C(=O)Oc2cc(C)c(C(=O)Oc3c(C)c(OC)c(C(=O)O)c(OC)c3C)c(C)c2C)c(O)c1Br. The van der Waals surface area contributed by atoms with Crippen LogP contribution >= 0.6 is 15.9 Å². The number of methoxy groups -OCH3 is 3. The van der Waals surface area contributed by atoms with E-state index in [0.29, 0.717) is 27.8 Å². The Bertz CT molecular complexity index is 2110. The molecule has 4 rings (SSSR count). The van der Waals surface area contributed by atoms with Gasteiger partial charge in [-0.25, -0.2) is 14.4 Å². The van der Waals surface area contributed by atoms with Crippen molar-refractivity contribution in [3.63, 3.8) is 0 Å². The van der Waals surface area contributed by atoms with Crippen molar-refractivity contribution < 1.29 is 62.6 Å². The zero-order valence-corrected chi connectivity index (χ0v) is 32.7. The number of carbonyl (C=O) groups is 5. The van der Waals surface area contributed by atoms with Gasteiger partial charge in [0, 0.05) is 17.2 Å². The zero-order chi connectivity index (χ0) is 39.8. The molecular formula is C39H39BrO13. The summed E-state index contributed by atoms with van der Waals surface area (Å²) in [5.41, 5.74) is 2.64. The Morgan fingerprint density at radius 1 is 0.642 bits per heavy atom. The number of phenolic OH excluding ortho intramolecular Hbond substituents is 1. The highest BCUT2D eigenvalue weighted by atomic mass is 79.9. The van der Waals surface area contributed by atoms with Gasteiger partial charge in [-0.1, -0.05) is 0 Å². The number of esters is 3. The minimum Gasteiger partial charge on any atom is -0.506 e. The van der Waals surface area contributed by atoms with Crippen LogP contribution in [-0.2, 0) is 14.3 Å². The first-order chi connectivity index (χ1) is 24.8. The van der Waals surface area contributed by atoms with Crippen LogP contribution in [0.3, 0.4) is 0 Å². The van der Waals surface area contributed by atoms with Gasteiger partial charge in [0.1, 0.15) is 56.0 Å². The number of carboxylic acids is 1. The van der Waals surface area contributed by atoms with Gasteiger partial charge in [-0.3, -0.25) is 9.59 Å². The molecular weight excluding hydrogens is 756 g/mol. The summed E-state index contributed by atoms with van der Waals surface area (Å²) >= 11 is 3.26. The van der Waals surface area contributed by atoms with E-state index in [1.165, 1.54) is 39.5 Å². The van der Waals surface area contributed by atoms with Crippen molar-refractivity contribution in [2.24, 2.45) is 5.92 Å². The fourth-order valence-corrected chi connectivity index (χ4v) is 6.88. The average Bonchev–Trinajstić information content (AvgIpc) is 3.09. The minimum atomic E-state index is -1.28. The largest absolute Gasteiger partial charge is 0.506 e. The molecule has 280 valence electrons. The molecule has 2 N–H and O–H groups in total. The summed E-state index contributed by atoms with van der Waals surface area (Å²) in [6.45, 7) is 12.8. The van der Waals surface area contributed by atoms with Crippen LogP contribution in [0.2, 0.25) is 0 Å². The third-order valence-corrected chi connectivity index (χ3v) is 10.0. The molecule has 0 saturated carbocycles. The predicted molar refractivity (Wildman–Crippen MR) is 195 cm³/mol.